The molecule has 1 aromatic carbocycles. The fourth-order valence-electron chi connectivity index (χ4n) is 2.24. The lowest BCUT2D eigenvalue weighted by atomic mass is 10.1. The Morgan fingerprint density at radius 3 is 2.83 bits per heavy atom. The molecule has 0 radical (unpaired) electrons. The van der Waals surface area contributed by atoms with Crippen LogP contribution in [0.1, 0.15) is 29.8 Å². The molecule has 98 valence electrons. The summed E-state index contributed by atoms with van der Waals surface area (Å²) in [7, 11) is 0. The van der Waals surface area contributed by atoms with Gasteiger partial charge in [-0.25, -0.2) is 4.39 Å². The van der Waals surface area contributed by atoms with Gasteiger partial charge < -0.3 is 4.90 Å². The number of benzene rings is 1. The topological polar surface area (TPSA) is 20.3 Å². The van der Waals surface area contributed by atoms with Crippen molar-refractivity contribution in [1.82, 2.24) is 4.90 Å². The van der Waals surface area contributed by atoms with Crippen molar-refractivity contribution < 1.29 is 9.18 Å². The van der Waals surface area contributed by atoms with E-state index in [1.54, 1.807) is 13.0 Å². The molecule has 0 aromatic heterocycles. The van der Waals surface area contributed by atoms with Crippen LogP contribution in [0.5, 0.6) is 0 Å². The van der Waals surface area contributed by atoms with Crippen LogP contribution >= 0.6 is 11.8 Å². The molecule has 0 aliphatic carbocycles. The van der Waals surface area contributed by atoms with Crippen LogP contribution in [0, 0.1) is 12.7 Å². The number of amides is 1. The van der Waals surface area contributed by atoms with Gasteiger partial charge in [0.2, 0.25) is 0 Å². The molecular formula is C14H18FNOS. The van der Waals surface area contributed by atoms with Crippen LogP contribution in [0.3, 0.4) is 0 Å². The van der Waals surface area contributed by atoms with Crippen molar-refractivity contribution in [3.05, 3.63) is 35.1 Å². The van der Waals surface area contributed by atoms with E-state index in [4.69, 9.17) is 0 Å². The van der Waals surface area contributed by atoms with Gasteiger partial charge in [0.1, 0.15) is 5.82 Å². The van der Waals surface area contributed by atoms with Gasteiger partial charge in [0.05, 0.1) is 0 Å². The molecule has 1 aliphatic rings. The Kier molecular flexibility index (Phi) is 3.95. The Bertz CT molecular complexity index is 463. The number of carbonyl (C=O) groups is 1. The molecule has 2 rings (SSSR count). The van der Waals surface area contributed by atoms with Gasteiger partial charge in [-0.1, -0.05) is 6.92 Å². The summed E-state index contributed by atoms with van der Waals surface area (Å²) in [6.45, 7) is 6.77. The lowest BCUT2D eigenvalue weighted by Gasteiger charge is -2.37. The quantitative estimate of drug-likeness (QED) is 0.779. The maximum atomic E-state index is 13.1. The van der Waals surface area contributed by atoms with Crippen molar-refractivity contribution in [2.75, 3.05) is 12.3 Å². The maximum absolute atomic E-state index is 13.1. The first-order chi connectivity index (χ1) is 8.50. The maximum Gasteiger partial charge on any atom is 0.254 e. The molecule has 1 saturated heterocycles. The predicted octanol–water partition coefficient (Wildman–Crippen LogP) is 3.10. The first-order valence-corrected chi connectivity index (χ1v) is 7.24. The van der Waals surface area contributed by atoms with E-state index < -0.39 is 0 Å². The second-order valence-electron chi connectivity index (χ2n) is 4.77. The van der Waals surface area contributed by atoms with E-state index in [1.807, 2.05) is 16.7 Å². The highest BCUT2D eigenvalue weighted by Crippen LogP contribution is 2.26. The zero-order valence-corrected chi connectivity index (χ0v) is 11.8. The smallest absolute Gasteiger partial charge is 0.254 e. The van der Waals surface area contributed by atoms with Crippen molar-refractivity contribution in [3.63, 3.8) is 0 Å². The van der Waals surface area contributed by atoms with Gasteiger partial charge in [0.25, 0.3) is 5.91 Å². The number of carbonyl (C=O) groups excluding carboxylic acids is 1. The van der Waals surface area contributed by atoms with Crippen LogP contribution < -0.4 is 0 Å². The van der Waals surface area contributed by atoms with Crippen molar-refractivity contribution in [1.29, 1.82) is 0 Å². The highest BCUT2D eigenvalue weighted by atomic mass is 32.2. The van der Waals surface area contributed by atoms with Gasteiger partial charge in [-0.15, -0.1) is 0 Å². The Labute approximate surface area is 112 Å². The number of aryl methyl sites for hydroxylation is 1. The first-order valence-electron chi connectivity index (χ1n) is 6.19. The largest absolute Gasteiger partial charge is 0.334 e. The number of hydrogen-bond acceptors (Lipinski definition) is 2. The second kappa shape index (κ2) is 5.31. The Morgan fingerprint density at radius 1 is 1.44 bits per heavy atom. The summed E-state index contributed by atoms with van der Waals surface area (Å²) in [5.74, 6) is 0.698. The summed E-state index contributed by atoms with van der Waals surface area (Å²) in [6, 6.07) is 4.58. The zero-order chi connectivity index (χ0) is 13.3. The van der Waals surface area contributed by atoms with Crippen LogP contribution in [0.15, 0.2) is 18.2 Å². The van der Waals surface area contributed by atoms with Gasteiger partial charge in [0, 0.05) is 29.2 Å². The number of thioether (sulfide) groups is 1. The van der Waals surface area contributed by atoms with Crippen LogP contribution in [-0.2, 0) is 0 Å². The highest BCUT2D eigenvalue weighted by Gasteiger charge is 2.29. The molecule has 0 N–H and O–H groups in total. The summed E-state index contributed by atoms with van der Waals surface area (Å²) in [5, 5.41) is 0.448. The summed E-state index contributed by atoms with van der Waals surface area (Å²) in [5.41, 5.74) is 1.32. The Balaban J connectivity index is 2.25. The molecule has 0 spiro atoms. The molecule has 1 heterocycles. The van der Waals surface area contributed by atoms with Crippen LogP contribution in [-0.4, -0.2) is 34.4 Å². The monoisotopic (exact) mass is 267 g/mol. The van der Waals surface area contributed by atoms with Crippen molar-refractivity contribution in [2.24, 2.45) is 0 Å². The average molecular weight is 267 g/mol. The SMILES string of the molecule is Cc1cc(F)ccc1C(=O)N1CCSC(C)C1C. The molecule has 1 aromatic rings. The minimum absolute atomic E-state index is 0.0205. The lowest BCUT2D eigenvalue weighted by molar-refractivity contribution is 0.0697. The molecule has 4 heteroatoms. The summed E-state index contributed by atoms with van der Waals surface area (Å²) >= 11 is 1.90. The molecule has 18 heavy (non-hydrogen) atoms. The van der Waals surface area contributed by atoms with E-state index in [9.17, 15) is 9.18 Å². The third-order valence-corrected chi connectivity index (χ3v) is 4.90. The number of hydrogen-bond donors (Lipinski definition) is 0. The van der Waals surface area contributed by atoms with Crippen molar-refractivity contribution in [3.8, 4) is 0 Å². The van der Waals surface area contributed by atoms with Crippen LogP contribution in [0.2, 0.25) is 0 Å². The third kappa shape index (κ3) is 2.53. The molecule has 0 saturated carbocycles. The van der Waals surface area contributed by atoms with Gasteiger partial charge in [0.15, 0.2) is 0 Å². The number of halogens is 1. The average Bonchev–Trinajstić information content (AvgIpc) is 2.32. The Hall–Kier alpha value is -1.03. The van der Waals surface area contributed by atoms with Gasteiger partial charge in [-0.3, -0.25) is 4.79 Å². The number of nitrogens with zero attached hydrogens (tertiary/aromatic N) is 1. The van der Waals surface area contributed by atoms with Crippen molar-refractivity contribution >= 4 is 17.7 Å². The lowest BCUT2D eigenvalue weighted by Crippen LogP contribution is -2.48. The van der Waals surface area contributed by atoms with E-state index in [-0.39, 0.29) is 17.8 Å². The number of rotatable bonds is 1. The molecule has 2 unspecified atom stereocenters. The first kappa shape index (κ1) is 13.4. The van der Waals surface area contributed by atoms with E-state index in [0.29, 0.717) is 16.4 Å². The second-order valence-corrected chi connectivity index (χ2v) is 6.26. The van der Waals surface area contributed by atoms with Crippen molar-refractivity contribution in [2.45, 2.75) is 32.1 Å². The Morgan fingerprint density at radius 2 is 2.17 bits per heavy atom. The fraction of sp³-hybridized carbons (Fsp3) is 0.500. The normalized spacial score (nSPS) is 24.1. The van der Waals surface area contributed by atoms with Crippen LogP contribution in [0.4, 0.5) is 4.39 Å². The van der Waals surface area contributed by atoms with E-state index in [0.717, 1.165) is 12.3 Å². The van der Waals surface area contributed by atoms with Gasteiger partial charge in [-0.2, -0.15) is 11.8 Å². The molecular weight excluding hydrogens is 249 g/mol. The summed E-state index contributed by atoms with van der Waals surface area (Å²) in [6.07, 6.45) is 0. The molecule has 1 amide bonds. The van der Waals surface area contributed by atoms with Gasteiger partial charge >= 0.3 is 0 Å². The third-order valence-electron chi connectivity index (χ3n) is 3.56. The minimum Gasteiger partial charge on any atom is -0.334 e. The molecule has 1 fully saturated rings. The summed E-state index contributed by atoms with van der Waals surface area (Å²) in [4.78, 5) is 14.4. The molecule has 2 atom stereocenters. The highest BCUT2D eigenvalue weighted by molar-refractivity contribution is 8.00. The van der Waals surface area contributed by atoms with Gasteiger partial charge in [-0.05, 0) is 37.6 Å². The summed E-state index contributed by atoms with van der Waals surface area (Å²) < 4.78 is 13.1. The van der Waals surface area contributed by atoms with E-state index >= 15 is 0 Å². The molecule has 0 bridgehead atoms. The fourth-order valence-corrected chi connectivity index (χ4v) is 3.34. The predicted molar refractivity (Wildman–Crippen MR) is 73.6 cm³/mol. The zero-order valence-electron chi connectivity index (χ0n) is 10.9. The molecule has 2 nitrogen and oxygen atoms in total. The van der Waals surface area contributed by atoms with Crippen LogP contribution in [0.25, 0.3) is 0 Å². The van der Waals surface area contributed by atoms with E-state index in [1.165, 1.54) is 12.1 Å². The minimum atomic E-state index is -0.292. The standard InChI is InChI=1S/C14H18FNOS/c1-9-8-12(15)4-5-13(9)14(17)16-6-7-18-11(3)10(16)2/h4-5,8,10-11H,6-7H2,1-3H3. The molecule has 1 aliphatic heterocycles. The van der Waals surface area contributed by atoms with E-state index in [2.05, 4.69) is 13.8 Å².